The second kappa shape index (κ2) is 5.85. The number of thioether (sulfide) groups is 1. The number of nitrogens with one attached hydrogen (secondary N) is 1. The van der Waals surface area contributed by atoms with Gasteiger partial charge in [-0.05, 0) is 25.0 Å². The molecule has 19 heavy (non-hydrogen) atoms. The Bertz CT molecular complexity index is 471. The van der Waals surface area contributed by atoms with Gasteiger partial charge >= 0.3 is 0 Å². The fraction of sp³-hybridized carbons (Fsp3) is 0.692. The van der Waals surface area contributed by atoms with E-state index in [-0.39, 0.29) is 12.1 Å². The van der Waals surface area contributed by atoms with Crippen molar-refractivity contribution in [2.24, 2.45) is 0 Å². The molecule has 0 aromatic carbocycles. The molecule has 104 valence electrons. The molecule has 0 spiro atoms. The van der Waals surface area contributed by atoms with Crippen molar-refractivity contribution in [2.45, 2.75) is 50.0 Å². The van der Waals surface area contributed by atoms with Gasteiger partial charge in [-0.25, -0.2) is 0 Å². The van der Waals surface area contributed by atoms with E-state index in [1.165, 1.54) is 5.56 Å². The van der Waals surface area contributed by atoms with E-state index in [1.54, 1.807) is 0 Å². The van der Waals surface area contributed by atoms with Crippen molar-refractivity contribution in [2.75, 3.05) is 11.1 Å². The number of nitrogens with zero attached hydrogens (tertiary/aromatic N) is 2. The van der Waals surface area contributed by atoms with E-state index in [0.717, 1.165) is 55.0 Å². The third-order valence-corrected chi connectivity index (χ3v) is 5.22. The third-order valence-electron chi connectivity index (χ3n) is 3.93. The first-order chi connectivity index (χ1) is 9.25. The molecule has 0 bridgehead atoms. The van der Waals surface area contributed by atoms with Gasteiger partial charge in [0, 0.05) is 16.9 Å². The van der Waals surface area contributed by atoms with Gasteiger partial charge < -0.3 is 10.4 Å². The van der Waals surface area contributed by atoms with Gasteiger partial charge in [0.05, 0.1) is 12.1 Å². The predicted molar refractivity (Wildman–Crippen MR) is 78.8 cm³/mol. The monoisotopic (exact) mass is 299 g/mol. The number of halogens is 1. The smallest absolute Gasteiger partial charge is 0.156 e. The Morgan fingerprint density at radius 3 is 2.89 bits per heavy atom. The van der Waals surface area contributed by atoms with Crippen LogP contribution in [0.3, 0.4) is 0 Å². The van der Waals surface area contributed by atoms with Crippen LogP contribution in [0, 0.1) is 0 Å². The van der Waals surface area contributed by atoms with Crippen molar-refractivity contribution >= 4 is 29.2 Å². The molecule has 1 aliphatic carbocycles. The summed E-state index contributed by atoms with van der Waals surface area (Å²) in [7, 11) is 0. The van der Waals surface area contributed by atoms with Crippen molar-refractivity contribution in [1.82, 2.24) is 10.2 Å². The van der Waals surface area contributed by atoms with Crippen LogP contribution in [0.5, 0.6) is 0 Å². The van der Waals surface area contributed by atoms with Crippen molar-refractivity contribution in [3.05, 3.63) is 16.3 Å². The summed E-state index contributed by atoms with van der Waals surface area (Å²) in [6, 6.07) is 0.0999. The molecule has 2 N–H and O–H groups in total. The lowest BCUT2D eigenvalue weighted by Crippen LogP contribution is -2.37. The fourth-order valence-electron chi connectivity index (χ4n) is 2.82. The molecule has 0 saturated heterocycles. The SMILES string of the molecule is O[C@@H]1CCCC[C@H]1Nc1nnc(Cl)c2c1CCSC2. The number of hydrogen-bond donors (Lipinski definition) is 2. The van der Waals surface area contributed by atoms with Crippen LogP contribution in [0.25, 0.3) is 0 Å². The first-order valence-corrected chi connectivity index (χ1v) is 8.35. The second-order valence-corrected chi connectivity index (χ2v) is 6.66. The van der Waals surface area contributed by atoms with E-state index in [1.807, 2.05) is 11.8 Å². The molecule has 6 heteroatoms. The minimum absolute atomic E-state index is 0.0999. The highest BCUT2D eigenvalue weighted by atomic mass is 35.5. The molecule has 0 unspecified atom stereocenters. The zero-order valence-electron chi connectivity index (χ0n) is 10.7. The Balaban J connectivity index is 1.84. The van der Waals surface area contributed by atoms with Crippen molar-refractivity contribution < 1.29 is 5.11 Å². The normalized spacial score (nSPS) is 26.8. The molecule has 1 fully saturated rings. The number of anilines is 1. The number of fused-ring (bicyclic) bond motifs is 1. The van der Waals surface area contributed by atoms with Crippen molar-refractivity contribution in [3.63, 3.8) is 0 Å². The first kappa shape index (κ1) is 13.5. The fourth-order valence-corrected chi connectivity index (χ4v) is 4.12. The van der Waals surface area contributed by atoms with Crippen LogP contribution in [-0.2, 0) is 12.2 Å². The molecule has 2 heterocycles. The van der Waals surface area contributed by atoms with Gasteiger partial charge in [0.15, 0.2) is 11.0 Å². The lowest BCUT2D eigenvalue weighted by atomic mass is 9.92. The second-order valence-electron chi connectivity index (χ2n) is 5.20. The molecule has 0 radical (unpaired) electrons. The summed E-state index contributed by atoms with van der Waals surface area (Å²) in [5.41, 5.74) is 2.30. The van der Waals surface area contributed by atoms with E-state index in [2.05, 4.69) is 15.5 Å². The summed E-state index contributed by atoms with van der Waals surface area (Å²) >= 11 is 8.00. The minimum atomic E-state index is -0.278. The third kappa shape index (κ3) is 2.83. The molecule has 2 atom stereocenters. The van der Waals surface area contributed by atoms with Crippen LogP contribution in [0.4, 0.5) is 5.82 Å². The molecule has 1 aromatic heterocycles. The summed E-state index contributed by atoms with van der Waals surface area (Å²) in [6.07, 6.45) is 4.83. The maximum absolute atomic E-state index is 10.0. The average molecular weight is 300 g/mol. The summed E-state index contributed by atoms with van der Waals surface area (Å²) < 4.78 is 0. The van der Waals surface area contributed by atoms with Gasteiger partial charge in [-0.1, -0.05) is 24.4 Å². The Morgan fingerprint density at radius 2 is 2.05 bits per heavy atom. The quantitative estimate of drug-likeness (QED) is 0.879. The van der Waals surface area contributed by atoms with Crippen LogP contribution >= 0.6 is 23.4 Å². The van der Waals surface area contributed by atoms with Crippen molar-refractivity contribution in [3.8, 4) is 0 Å². The summed E-state index contributed by atoms with van der Waals surface area (Å²) in [6.45, 7) is 0. The van der Waals surface area contributed by atoms with Gasteiger partial charge in [0.1, 0.15) is 0 Å². The highest BCUT2D eigenvalue weighted by Crippen LogP contribution is 2.33. The van der Waals surface area contributed by atoms with Crippen LogP contribution in [0.15, 0.2) is 0 Å². The standard InChI is InChI=1S/C13H18ClN3OS/c14-12-9-7-19-6-5-8(9)13(17-16-12)15-10-3-1-2-4-11(10)18/h10-11,18H,1-7H2,(H,15,17)/t10-,11-/m1/s1. The van der Waals surface area contributed by atoms with Gasteiger partial charge in [-0.15, -0.1) is 10.2 Å². The summed E-state index contributed by atoms with van der Waals surface area (Å²) in [5, 5.41) is 22.2. The highest BCUT2D eigenvalue weighted by Gasteiger charge is 2.26. The molecular weight excluding hydrogens is 282 g/mol. The van der Waals surface area contributed by atoms with Crippen LogP contribution in [0.2, 0.25) is 5.15 Å². The lowest BCUT2D eigenvalue weighted by Gasteiger charge is -2.30. The Hall–Kier alpha value is -0.520. The molecule has 1 aromatic rings. The van der Waals surface area contributed by atoms with Crippen LogP contribution < -0.4 is 5.32 Å². The van der Waals surface area contributed by atoms with E-state index < -0.39 is 0 Å². The van der Waals surface area contributed by atoms with Crippen LogP contribution in [-0.4, -0.2) is 33.2 Å². The Kier molecular flexibility index (Phi) is 4.15. The molecule has 3 rings (SSSR count). The molecule has 1 saturated carbocycles. The molecule has 2 aliphatic rings. The van der Waals surface area contributed by atoms with E-state index in [0.29, 0.717) is 5.15 Å². The molecule has 0 amide bonds. The summed E-state index contributed by atoms with van der Waals surface area (Å²) in [5.74, 6) is 2.83. The van der Waals surface area contributed by atoms with Gasteiger partial charge in [0.25, 0.3) is 0 Å². The topological polar surface area (TPSA) is 58.0 Å². The first-order valence-electron chi connectivity index (χ1n) is 6.82. The Labute approximate surface area is 122 Å². The van der Waals surface area contributed by atoms with Crippen molar-refractivity contribution in [1.29, 1.82) is 0 Å². The largest absolute Gasteiger partial charge is 0.391 e. The number of rotatable bonds is 2. The van der Waals surface area contributed by atoms with Gasteiger partial charge in [-0.3, -0.25) is 0 Å². The maximum Gasteiger partial charge on any atom is 0.156 e. The highest BCUT2D eigenvalue weighted by molar-refractivity contribution is 7.98. The van der Waals surface area contributed by atoms with Gasteiger partial charge in [0.2, 0.25) is 0 Å². The average Bonchev–Trinajstić information content (AvgIpc) is 2.44. The van der Waals surface area contributed by atoms with E-state index in [4.69, 9.17) is 11.6 Å². The zero-order valence-corrected chi connectivity index (χ0v) is 12.3. The number of aliphatic hydroxyl groups is 1. The molecular formula is C13H18ClN3OS. The molecule has 4 nitrogen and oxygen atoms in total. The van der Waals surface area contributed by atoms with E-state index in [9.17, 15) is 5.11 Å². The maximum atomic E-state index is 10.0. The predicted octanol–water partition coefficient (Wildman–Crippen LogP) is 2.63. The number of hydrogen-bond acceptors (Lipinski definition) is 5. The van der Waals surface area contributed by atoms with E-state index >= 15 is 0 Å². The number of aliphatic hydroxyl groups excluding tert-OH is 1. The Morgan fingerprint density at radius 1 is 1.21 bits per heavy atom. The number of aromatic nitrogens is 2. The van der Waals surface area contributed by atoms with Crippen LogP contribution in [0.1, 0.15) is 36.8 Å². The summed E-state index contributed by atoms with van der Waals surface area (Å²) in [4.78, 5) is 0. The molecule has 1 aliphatic heterocycles. The van der Waals surface area contributed by atoms with Gasteiger partial charge in [-0.2, -0.15) is 11.8 Å². The minimum Gasteiger partial charge on any atom is -0.391 e. The zero-order chi connectivity index (χ0) is 13.2. The lowest BCUT2D eigenvalue weighted by molar-refractivity contribution is 0.116.